The molecule has 38 heavy (non-hydrogen) atoms. The van der Waals surface area contributed by atoms with Gasteiger partial charge in [-0.25, -0.2) is 13.7 Å². The van der Waals surface area contributed by atoms with Gasteiger partial charge >= 0.3 is 5.95 Å². The zero-order valence-corrected chi connectivity index (χ0v) is 24.9. The van der Waals surface area contributed by atoms with Crippen LogP contribution in [-0.2, 0) is 21.1 Å². The highest BCUT2D eigenvalue weighted by Crippen LogP contribution is 2.14. The molecule has 0 N–H and O–H groups in total. The molecule has 4 rings (SSSR count). The number of aryl methyl sites for hydroxylation is 3. The number of hydrogen-bond donors (Lipinski definition) is 0. The molecule has 0 aliphatic heterocycles. The van der Waals surface area contributed by atoms with Crippen molar-refractivity contribution in [2.24, 2.45) is 36.5 Å². The summed E-state index contributed by atoms with van der Waals surface area (Å²) in [5.41, 5.74) is 3.02. The summed E-state index contributed by atoms with van der Waals surface area (Å²) in [5.74, 6) is 0.818. The van der Waals surface area contributed by atoms with E-state index < -0.39 is 0 Å². The lowest BCUT2D eigenvalue weighted by atomic mass is 10.3. The minimum absolute atomic E-state index is 0. The standard InChI is InChI=1S/C14H16N3.C11H13N4.2C2H6.2CH3/c1-16-10-8-13(9-11-16)12-15-17(2)14-6-4-3-5-7-14;1-14-8-9-15(2)11(14)13-12-10-6-4-3-5-7-10;2*1-2;;/h3-12H,1-2H3;3-9H,1-2H3;2*1-2H3;2*1H3/q2*+1;;;2*-1. The highest BCUT2D eigenvalue weighted by atomic mass is 15.4. The van der Waals surface area contributed by atoms with Crippen LogP contribution in [0.3, 0.4) is 0 Å². The second-order valence-corrected chi connectivity index (χ2v) is 7.26. The largest absolute Gasteiger partial charge is 0.421 e. The summed E-state index contributed by atoms with van der Waals surface area (Å²) >= 11 is 0. The fourth-order valence-corrected chi connectivity index (χ4v) is 2.78. The van der Waals surface area contributed by atoms with E-state index in [1.165, 1.54) is 0 Å². The topological polar surface area (TPSA) is 53.0 Å². The van der Waals surface area contributed by atoms with Crippen LogP contribution >= 0.6 is 0 Å². The Morgan fingerprint density at radius 2 is 1.26 bits per heavy atom. The fraction of sp³-hybridized carbons (Fsp3) is 0.258. The van der Waals surface area contributed by atoms with E-state index in [0.717, 1.165) is 22.9 Å². The summed E-state index contributed by atoms with van der Waals surface area (Å²) in [6.45, 7) is 8.00. The molecule has 0 amide bonds. The van der Waals surface area contributed by atoms with Gasteiger partial charge in [-0.05, 0) is 24.3 Å². The van der Waals surface area contributed by atoms with Crippen molar-refractivity contribution in [3.05, 3.63) is 118 Å². The molecule has 0 spiro atoms. The van der Waals surface area contributed by atoms with Gasteiger partial charge in [-0.1, -0.05) is 69.2 Å². The van der Waals surface area contributed by atoms with Gasteiger partial charge in [-0.2, -0.15) is 5.10 Å². The second kappa shape index (κ2) is 21.0. The second-order valence-electron chi connectivity index (χ2n) is 7.26. The molecule has 0 aliphatic carbocycles. The average molecular weight is 518 g/mol. The summed E-state index contributed by atoms with van der Waals surface area (Å²) in [5, 5.41) is 14.6. The molecular weight excluding hydrogens is 470 g/mol. The molecule has 7 nitrogen and oxygen atoms in total. The van der Waals surface area contributed by atoms with Crippen LogP contribution in [0.5, 0.6) is 0 Å². The smallest absolute Gasteiger partial charge is 0.358 e. The van der Waals surface area contributed by atoms with E-state index in [9.17, 15) is 0 Å². The van der Waals surface area contributed by atoms with Crippen molar-refractivity contribution in [2.45, 2.75) is 27.7 Å². The Morgan fingerprint density at radius 1 is 0.737 bits per heavy atom. The Morgan fingerprint density at radius 3 is 1.76 bits per heavy atom. The van der Waals surface area contributed by atoms with Crippen LogP contribution in [0.4, 0.5) is 17.3 Å². The fourth-order valence-electron chi connectivity index (χ4n) is 2.78. The van der Waals surface area contributed by atoms with E-state index in [4.69, 9.17) is 0 Å². The van der Waals surface area contributed by atoms with Crippen LogP contribution < -0.4 is 14.1 Å². The highest BCUT2D eigenvalue weighted by molar-refractivity contribution is 5.79. The Kier molecular flexibility index (Phi) is 19.9. The van der Waals surface area contributed by atoms with Gasteiger partial charge in [0.05, 0.1) is 38.4 Å². The van der Waals surface area contributed by atoms with Crippen molar-refractivity contribution >= 4 is 23.5 Å². The lowest BCUT2D eigenvalue weighted by Gasteiger charge is -2.11. The molecule has 206 valence electrons. The molecule has 7 heteroatoms. The van der Waals surface area contributed by atoms with Crippen LogP contribution in [-0.4, -0.2) is 17.8 Å². The Labute approximate surface area is 231 Å². The molecule has 0 saturated carbocycles. The van der Waals surface area contributed by atoms with E-state index in [1.807, 2.05) is 178 Å². The molecule has 0 radical (unpaired) electrons. The normalized spacial score (nSPS) is 9.47. The van der Waals surface area contributed by atoms with Crippen molar-refractivity contribution in [1.82, 2.24) is 4.57 Å². The molecule has 0 aliphatic rings. The Balaban J connectivity index is 0. The summed E-state index contributed by atoms with van der Waals surface area (Å²) in [4.78, 5) is 0. The number of nitrogens with zero attached hydrogens (tertiary/aromatic N) is 7. The number of imidazole rings is 1. The number of hydrazone groups is 1. The third-order valence-corrected chi connectivity index (χ3v) is 4.67. The minimum Gasteiger partial charge on any atom is -0.358 e. The molecule has 2 aromatic heterocycles. The maximum atomic E-state index is 4.39. The summed E-state index contributed by atoms with van der Waals surface area (Å²) < 4.78 is 5.84. The Hall–Kier alpha value is -4.13. The van der Waals surface area contributed by atoms with Crippen molar-refractivity contribution in [3.8, 4) is 0 Å². The maximum Gasteiger partial charge on any atom is 0.421 e. The number of benzene rings is 2. The lowest BCUT2D eigenvalue weighted by molar-refractivity contribution is -0.671. The zero-order chi connectivity index (χ0) is 26.8. The van der Waals surface area contributed by atoms with Crippen molar-refractivity contribution in [3.63, 3.8) is 0 Å². The number of rotatable bonds is 5. The van der Waals surface area contributed by atoms with Crippen molar-refractivity contribution in [1.29, 1.82) is 0 Å². The lowest BCUT2D eigenvalue weighted by Crippen LogP contribution is -2.25. The third-order valence-electron chi connectivity index (χ3n) is 4.67. The van der Waals surface area contributed by atoms with E-state index in [-0.39, 0.29) is 14.9 Å². The van der Waals surface area contributed by atoms with Crippen molar-refractivity contribution < 1.29 is 9.13 Å². The summed E-state index contributed by atoms with van der Waals surface area (Å²) in [6, 6.07) is 23.8. The van der Waals surface area contributed by atoms with Crippen LogP contribution in [0, 0.1) is 14.9 Å². The first-order chi connectivity index (χ1) is 17.5. The van der Waals surface area contributed by atoms with Gasteiger partial charge in [-0.3, -0.25) is 5.01 Å². The summed E-state index contributed by atoms with van der Waals surface area (Å²) in [6.07, 6.45) is 9.75. The van der Waals surface area contributed by atoms with E-state index in [1.54, 1.807) is 0 Å². The first-order valence-corrected chi connectivity index (χ1v) is 12.3. The quantitative estimate of drug-likeness (QED) is 0.0908. The molecular formula is C31H47N7. The summed E-state index contributed by atoms with van der Waals surface area (Å²) in [7, 11) is 7.82. The monoisotopic (exact) mass is 517 g/mol. The molecule has 2 heterocycles. The highest BCUT2D eigenvalue weighted by Gasteiger charge is 2.09. The van der Waals surface area contributed by atoms with Gasteiger partial charge in [0.25, 0.3) is 0 Å². The molecule has 2 aromatic carbocycles. The first kappa shape index (κ1) is 36.0. The van der Waals surface area contributed by atoms with Crippen LogP contribution in [0.1, 0.15) is 33.3 Å². The average Bonchev–Trinajstić information content (AvgIpc) is 3.27. The van der Waals surface area contributed by atoms with Gasteiger partial charge < -0.3 is 14.9 Å². The van der Waals surface area contributed by atoms with Gasteiger partial charge in [0.2, 0.25) is 0 Å². The van der Waals surface area contributed by atoms with Crippen LogP contribution in [0.25, 0.3) is 0 Å². The number of para-hydroxylation sites is 1. The van der Waals surface area contributed by atoms with Gasteiger partial charge in [-0.15, -0.1) is 0 Å². The zero-order valence-electron chi connectivity index (χ0n) is 24.9. The van der Waals surface area contributed by atoms with E-state index >= 15 is 0 Å². The Bertz CT molecular complexity index is 1130. The maximum absolute atomic E-state index is 4.39. The van der Waals surface area contributed by atoms with Crippen LogP contribution in [0.15, 0.2) is 113 Å². The predicted octanol–water partition coefficient (Wildman–Crippen LogP) is 7.20. The molecule has 0 fully saturated rings. The molecule has 0 bridgehead atoms. The number of hydrogen-bond acceptors (Lipinski definition) is 4. The molecule has 4 aromatic rings. The van der Waals surface area contributed by atoms with E-state index in [0.29, 0.717) is 0 Å². The van der Waals surface area contributed by atoms with Crippen LogP contribution in [0.2, 0.25) is 0 Å². The molecule has 0 atom stereocenters. The predicted molar refractivity (Wildman–Crippen MR) is 163 cm³/mol. The number of pyridine rings is 1. The number of aromatic nitrogens is 3. The van der Waals surface area contributed by atoms with Crippen molar-refractivity contribution in [2.75, 3.05) is 12.1 Å². The number of azo groups is 1. The molecule has 0 unspecified atom stereocenters. The minimum atomic E-state index is 0. The van der Waals surface area contributed by atoms with Gasteiger partial charge in [0.1, 0.15) is 12.7 Å². The van der Waals surface area contributed by atoms with E-state index in [2.05, 4.69) is 15.3 Å². The number of anilines is 1. The van der Waals surface area contributed by atoms with Gasteiger partial charge in [0.15, 0.2) is 12.4 Å². The third kappa shape index (κ3) is 12.7. The molecule has 0 saturated heterocycles. The van der Waals surface area contributed by atoms with Gasteiger partial charge in [0, 0.05) is 29.9 Å². The first-order valence-electron chi connectivity index (χ1n) is 12.3. The SMILES string of the molecule is CC.CC.CN(N=Cc1cc[n+](C)cc1)c1ccccc1.Cn1cc[n+](C)c1N=Nc1ccccc1.[CH3-].[CH3-].